The molecule has 0 fully saturated rings. The number of rotatable bonds is 27. The molecule has 0 aliphatic rings. The molecular weight excluding hydrogens is 436 g/mol. The van der Waals surface area contributed by atoms with E-state index in [1.807, 2.05) is 7.11 Å². The number of nitrogens with one attached hydrogen (secondary N) is 1. The molecular formula is C30H64N2O3. The SMILES string of the molecule is CCCCCCCCC(CCCCCC)COC.CCN(CCO)CCCNCCCCCC=O. The Hall–Kier alpha value is -0.490. The van der Waals surface area contributed by atoms with E-state index in [1.165, 1.54) is 77.0 Å². The molecule has 0 heterocycles. The molecule has 0 aromatic heterocycles. The van der Waals surface area contributed by atoms with Gasteiger partial charge in [-0.2, -0.15) is 0 Å². The number of carbonyl (C=O) groups excluding carboxylic acids is 1. The zero-order chi connectivity index (χ0) is 26.2. The fourth-order valence-corrected chi connectivity index (χ4v) is 4.40. The quantitative estimate of drug-likeness (QED) is 0.0938. The standard InChI is InChI=1S/C17H36O.C13H28N2O2/c1-4-6-8-10-11-13-15-17(16-18-3)14-12-9-7-5-2;1-2-15(11-13-17)10-7-9-14-8-5-3-4-6-12-16/h17H,4-16H2,1-3H3;12,14,17H,2-11,13H2,1H3. The largest absolute Gasteiger partial charge is 0.395 e. The van der Waals surface area contributed by atoms with Crippen molar-refractivity contribution in [1.29, 1.82) is 0 Å². The summed E-state index contributed by atoms with van der Waals surface area (Å²) >= 11 is 0. The monoisotopic (exact) mass is 500 g/mol. The molecule has 0 rings (SSSR count). The van der Waals surface area contributed by atoms with Gasteiger partial charge in [-0.3, -0.25) is 0 Å². The highest BCUT2D eigenvalue weighted by Crippen LogP contribution is 2.19. The Bertz CT molecular complexity index is 383. The molecule has 0 aliphatic heterocycles. The Kier molecular flexibility index (Phi) is 35.1. The van der Waals surface area contributed by atoms with E-state index >= 15 is 0 Å². The van der Waals surface area contributed by atoms with Gasteiger partial charge < -0.3 is 24.9 Å². The average Bonchev–Trinajstić information content (AvgIpc) is 2.87. The van der Waals surface area contributed by atoms with Gasteiger partial charge in [0.15, 0.2) is 0 Å². The molecule has 0 aromatic carbocycles. The maximum atomic E-state index is 10.1. The average molecular weight is 501 g/mol. The summed E-state index contributed by atoms with van der Waals surface area (Å²) in [6.07, 6.45) is 22.9. The van der Waals surface area contributed by atoms with Crippen LogP contribution >= 0.6 is 0 Å². The van der Waals surface area contributed by atoms with E-state index in [1.54, 1.807) is 0 Å². The Morgan fingerprint density at radius 2 is 1.34 bits per heavy atom. The van der Waals surface area contributed by atoms with Gasteiger partial charge in [-0.15, -0.1) is 0 Å². The molecule has 0 saturated carbocycles. The maximum absolute atomic E-state index is 10.1. The number of aliphatic hydroxyl groups is 1. The van der Waals surface area contributed by atoms with E-state index in [0.29, 0.717) is 6.42 Å². The third kappa shape index (κ3) is 31.5. The van der Waals surface area contributed by atoms with Crippen LogP contribution in [0.25, 0.3) is 0 Å². The molecule has 35 heavy (non-hydrogen) atoms. The predicted molar refractivity (Wildman–Crippen MR) is 153 cm³/mol. The van der Waals surface area contributed by atoms with Crippen LogP contribution in [-0.4, -0.2) is 69.3 Å². The fraction of sp³-hybridized carbons (Fsp3) is 0.967. The van der Waals surface area contributed by atoms with Crippen molar-refractivity contribution in [3.05, 3.63) is 0 Å². The number of ether oxygens (including phenoxy) is 1. The lowest BCUT2D eigenvalue weighted by molar-refractivity contribution is -0.107. The lowest BCUT2D eigenvalue weighted by Gasteiger charge is -2.18. The number of hydrogen-bond acceptors (Lipinski definition) is 5. The summed E-state index contributed by atoms with van der Waals surface area (Å²) in [6, 6.07) is 0. The number of carbonyl (C=O) groups is 1. The van der Waals surface area contributed by atoms with E-state index < -0.39 is 0 Å². The molecule has 0 aromatic rings. The number of nitrogens with zero attached hydrogens (tertiary/aromatic N) is 1. The van der Waals surface area contributed by atoms with Crippen molar-refractivity contribution in [1.82, 2.24) is 10.2 Å². The van der Waals surface area contributed by atoms with E-state index in [4.69, 9.17) is 9.84 Å². The summed E-state index contributed by atoms with van der Waals surface area (Å²) in [4.78, 5) is 12.3. The first-order valence-electron chi connectivity index (χ1n) is 15.2. The minimum Gasteiger partial charge on any atom is -0.395 e. The van der Waals surface area contributed by atoms with Gasteiger partial charge >= 0.3 is 0 Å². The molecule has 1 atom stereocenters. The normalized spacial score (nSPS) is 11.9. The molecule has 0 amide bonds. The predicted octanol–water partition coefficient (Wildman–Crippen LogP) is 7.01. The molecule has 5 nitrogen and oxygen atoms in total. The zero-order valence-electron chi connectivity index (χ0n) is 24.3. The van der Waals surface area contributed by atoms with Crippen LogP contribution in [0.2, 0.25) is 0 Å². The molecule has 0 radical (unpaired) electrons. The van der Waals surface area contributed by atoms with Gasteiger partial charge in [0.25, 0.3) is 0 Å². The summed E-state index contributed by atoms with van der Waals surface area (Å²) in [5.74, 6) is 0.818. The molecule has 0 spiro atoms. The van der Waals surface area contributed by atoms with Gasteiger partial charge in [0.2, 0.25) is 0 Å². The van der Waals surface area contributed by atoms with Crippen LogP contribution in [0.15, 0.2) is 0 Å². The van der Waals surface area contributed by atoms with Crippen LogP contribution in [0, 0.1) is 5.92 Å². The second-order valence-corrected chi connectivity index (χ2v) is 10.0. The number of methoxy groups -OCH3 is 1. The summed E-state index contributed by atoms with van der Waals surface area (Å²) in [5, 5.41) is 12.2. The number of likely N-dealkylation sites (N-methyl/N-ethyl adjacent to an activating group) is 1. The van der Waals surface area contributed by atoms with Crippen molar-refractivity contribution in [2.45, 2.75) is 130 Å². The summed E-state index contributed by atoms with van der Waals surface area (Å²) in [5.41, 5.74) is 0. The molecule has 1 unspecified atom stereocenters. The topological polar surface area (TPSA) is 61.8 Å². The van der Waals surface area contributed by atoms with Crippen molar-refractivity contribution < 1.29 is 14.6 Å². The smallest absolute Gasteiger partial charge is 0.119 e. The summed E-state index contributed by atoms with van der Waals surface area (Å²) in [7, 11) is 1.85. The van der Waals surface area contributed by atoms with Gasteiger partial charge in [-0.25, -0.2) is 0 Å². The first kappa shape index (κ1) is 36.7. The van der Waals surface area contributed by atoms with Gasteiger partial charge in [-0.1, -0.05) is 91.4 Å². The third-order valence-electron chi connectivity index (χ3n) is 6.70. The summed E-state index contributed by atoms with van der Waals surface area (Å²) < 4.78 is 5.36. The molecule has 2 N–H and O–H groups in total. The number of hydrogen-bond donors (Lipinski definition) is 2. The van der Waals surface area contributed by atoms with Gasteiger partial charge in [0, 0.05) is 26.7 Å². The van der Waals surface area contributed by atoms with E-state index in [-0.39, 0.29) is 6.61 Å². The fourth-order valence-electron chi connectivity index (χ4n) is 4.40. The van der Waals surface area contributed by atoms with Crippen LogP contribution < -0.4 is 5.32 Å². The minimum atomic E-state index is 0.248. The lowest BCUT2D eigenvalue weighted by atomic mass is 9.95. The van der Waals surface area contributed by atoms with Crippen molar-refractivity contribution in [3.8, 4) is 0 Å². The Labute approximate surface area is 220 Å². The van der Waals surface area contributed by atoms with Crippen molar-refractivity contribution in [3.63, 3.8) is 0 Å². The number of aldehydes is 1. The first-order valence-corrected chi connectivity index (χ1v) is 15.2. The second-order valence-electron chi connectivity index (χ2n) is 10.0. The van der Waals surface area contributed by atoms with Crippen LogP contribution in [-0.2, 0) is 9.53 Å². The zero-order valence-corrected chi connectivity index (χ0v) is 24.3. The molecule has 0 aliphatic carbocycles. The highest BCUT2D eigenvalue weighted by Gasteiger charge is 2.08. The van der Waals surface area contributed by atoms with Gasteiger partial charge in [0.05, 0.1) is 6.61 Å². The maximum Gasteiger partial charge on any atom is 0.119 e. The Morgan fingerprint density at radius 3 is 1.91 bits per heavy atom. The number of aliphatic hydroxyl groups excluding tert-OH is 1. The molecule has 5 heteroatoms. The summed E-state index contributed by atoms with van der Waals surface area (Å²) in [6.45, 7) is 12.8. The molecule has 0 saturated heterocycles. The minimum absolute atomic E-state index is 0.248. The van der Waals surface area contributed by atoms with E-state index in [0.717, 1.165) is 77.2 Å². The van der Waals surface area contributed by atoms with Crippen LogP contribution in [0.1, 0.15) is 130 Å². The van der Waals surface area contributed by atoms with Crippen LogP contribution in [0.5, 0.6) is 0 Å². The van der Waals surface area contributed by atoms with Crippen LogP contribution in [0.3, 0.4) is 0 Å². The van der Waals surface area contributed by atoms with Crippen LogP contribution in [0.4, 0.5) is 0 Å². The highest BCUT2D eigenvalue weighted by molar-refractivity contribution is 5.48. The Balaban J connectivity index is 0. The molecule has 212 valence electrons. The second kappa shape index (κ2) is 33.5. The number of unbranched alkanes of at least 4 members (excludes halogenated alkanes) is 11. The Morgan fingerprint density at radius 1 is 0.771 bits per heavy atom. The van der Waals surface area contributed by atoms with Crippen molar-refractivity contribution >= 4 is 6.29 Å². The first-order chi connectivity index (χ1) is 17.2. The third-order valence-corrected chi connectivity index (χ3v) is 6.70. The lowest BCUT2D eigenvalue weighted by Crippen LogP contribution is -2.30. The van der Waals surface area contributed by atoms with Crippen molar-refractivity contribution in [2.75, 3.05) is 53.0 Å². The van der Waals surface area contributed by atoms with E-state index in [2.05, 4.69) is 31.0 Å². The highest BCUT2D eigenvalue weighted by atomic mass is 16.5. The van der Waals surface area contributed by atoms with E-state index in [9.17, 15) is 4.79 Å². The van der Waals surface area contributed by atoms with Crippen molar-refractivity contribution in [2.24, 2.45) is 5.92 Å². The molecule has 0 bridgehead atoms. The van der Waals surface area contributed by atoms with Gasteiger partial charge in [-0.05, 0) is 64.2 Å². The van der Waals surface area contributed by atoms with Gasteiger partial charge in [0.1, 0.15) is 6.29 Å².